The summed E-state index contributed by atoms with van der Waals surface area (Å²) in [6.07, 6.45) is 11.6. The molecular weight excluding hydrogens is 430 g/mol. The molecule has 1 N–H and O–H groups in total. The van der Waals surface area contributed by atoms with Crippen molar-refractivity contribution in [3.05, 3.63) is 69.2 Å². The summed E-state index contributed by atoms with van der Waals surface area (Å²) in [4.78, 5) is 2.59. The Morgan fingerprint density at radius 3 is 2.26 bits per heavy atom. The van der Waals surface area contributed by atoms with Gasteiger partial charge >= 0.3 is 0 Å². The van der Waals surface area contributed by atoms with Gasteiger partial charge in [-0.05, 0) is 77.8 Å². The molecule has 0 saturated heterocycles. The van der Waals surface area contributed by atoms with E-state index >= 15 is 0 Å². The van der Waals surface area contributed by atoms with Crippen LogP contribution < -0.4 is 4.90 Å². The highest BCUT2D eigenvalue weighted by Crippen LogP contribution is 2.49. The average Bonchev–Trinajstić information content (AvgIpc) is 2.83. The lowest BCUT2D eigenvalue weighted by atomic mass is 9.69. The molecule has 4 heteroatoms. The first kappa shape index (κ1) is 23.5. The monoisotopic (exact) mass is 466 g/mol. The lowest BCUT2D eigenvalue weighted by Gasteiger charge is -2.48. The van der Waals surface area contributed by atoms with Crippen molar-refractivity contribution in [1.29, 1.82) is 10.5 Å². The van der Waals surface area contributed by atoms with Crippen molar-refractivity contribution < 1.29 is 4.74 Å². The summed E-state index contributed by atoms with van der Waals surface area (Å²) >= 11 is 0. The fraction of sp³-hybridized carbons (Fsp3) is 0.484. The third kappa shape index (κ3) is 4.00. The molecule has 3 heterocycles. The van der Waals surface area contributed by atoms with Gasteiger partial charge in [-0.2, -0.15) is 10.5 Å². The van der Waals surface area contributed by atoms with Crippen LogP contribution in [0.15, 0.2) is 52.5 Å². The number of ether oxygens (including phenoxy) is 1. The number of nitrogens with zero attached hydrogens (tertiary/aromatic N) is 3. The molecule has 1 aromatic rings. The third-order valence-corrected chi connectivity index (χ3v) is 8.57. The van der Waals surface area contributed by atoms with Gasteiger partial charge in [-0.15, -0.1) is 0 Å². The van der Waals surface area contributed by atoms with Gasteiger partial charge in [0.25, 0.3) is 5.76 Å². The van der Waals surface area contributed by atoms with Gasteiger partial charge in [0.15, 0.2) is 0 Å². The van der Waals surface area contributed by atoms with Gasteiger partial charge in [0.05, 0.1) is 11.5 Å². The van der Waals surface area contributed by atoms with E-state index < -0.39 is 0 Å². The number of hydrogen-bond acceptors (Lipinski definition) is 3. The number of rotatable bonds is 2. The van der Waals surface area contributed by atoms with E-state index in [-0.39, 0.29) is 16.4 Å². The van der Waals surface area contributed by atoms with E-state index in [1.165, 1.54) is 35.2 Å². The molecule has 0 amide bonds. The molecule has 0 fully saturated rings. The second-order valence-corrected chi connectivity index (χ2v) is 11.9. The minimum absolute atomic E-state index is 0.147. The molecule has 5 rings (SSSR count). The highest BCUT2D eigenvalue weighted by molar-refractivity contribution is 5.72. The Hall–Kier alpha value is -3.24. The zero-order chi connectivity index (χ0) is 25.0. The second-order valence-electron chi connectivity index (χ2n) is 11.9. The summed E-state index contributed by atoms with van der Waals surface area (Å²) in [7, 11) is 0. The Labute approximate surface area is 209 Å². The van der Waals surface area contributed by atoms with Crippen molar-refractivity contribution in [3.8, 4) is 12.1 Å². The van der Waals surface area contributed by atoms with Crippen LogP contribution in [0, 0.1) is 28.6 Å². The Kier molecular flexibility index (Phi) is 5.68. The van der Waals surface area contributed by atoms with Crippen molar-refractivity contribution in [2.45, 2.75) is 77.6 Å². The highest BCUT2D eigenvalue weighted by Gasteiger charge is 2.40. The summed E-state index contributed by atoms with van der Waals surface area (Å²) < 4.78 is 5.00. The highest BCUT2D eigenvalue weighted by atomic mass is 16.5. The van der Waals surface area contributed by atoms with Crippen molar-refractivity contribution in [1.82, 2.24) is 0 Å². The largest absolute Gasteiger partial charge is 0.549 e. The van der Waals surface area contributed by atoms with E-state index in [1.807, 2.05) is 6.08 Å². The number of allylic oxidation sites excluding steroid dienone is 6. The van der Waals surface area contributed by atoms with Crippen LogP contribution in [0.2, 0.25) is 0 Å². The summed E-state index contributed by atoms with van der Waals surface area (Å²) in [6.45, 7) is 13.9. The molecular formula is C31H36N3O+. The molecule has 0 bridgehead atoms. The second kappa shape index (κ2) is 8.46. The van der Waals surface area contributed by atoms with E-state index in [0.717, 1.165) is 55.0 Å². The van der Waals surface area contributed by atoms with Crippen LogP contribution in [0.3, 0.4) is 0 Å². The molecule has 1 unspecified atom stereocenters. The predicted molar refractivity (Wildman–Crippen MR) is 142 cm³/mol. The van der Waals surface area contributed by atoms with Crippen LogP contribution in [-0.4, -0.2) is 17.8 Å². The van der Waals surface area contributed by atoms with Gasteiger partial charge in [0.1, 0.15) is 17.7 Å². The molecule has 0 radical (unpaired) electrons. The lowest BCUT2D eigenvalue weighted by molar-refractivity contribution is 0.0805. The Morgan fingerprint density at radius 2 is 1.66 bits per heavy atom. The van der Waals surface area contributed by atoms with E-state index in [1.54, 1.807) is 0 Å². The number of hydrogen-bond donors (Lipinski definition) is 0. The standard InChI is InChI=1S/C31H35N3O/c1-20-7-6-8-24-25(22(18-32)19-33)17-23(35-29(20)24)10-9-21-15-26-28-27(16-21)31(4,5)12-14-34(28)13-11-30(26,2)3/h9-10,15-17,20H,6-8,11-14H2,1-5H3/p+1/b10-9+. The lowest BCUT2D eigenvalue weighted by Crippen LogP contribution is -2.44. The Balaban J connectivity index is 1.57. The fourth-order valence-corrected chi connectivity index (χ4v) is 6.20. The molecule has 35 heavy (non-hydrogen) atoms. The maximum absolute atomic E-state index is 9.59. The van der Waals surface area contributed by atoms with Gasteiger partial charge in [-0.1, -0.05) is 34.6 Å². The van der Waals surface area contributed by atoms with Crippen molar-refractivity contribution in [2.24, 2.45) is 5.92 Å². The molecule has 0 aromatic heterocycles. The van der Waals surface area contributed by atoms with Crippen molar-refractivity contribution in [3.63, 3.8) is 0 Å². The van der Waals surface area contributed by atoms with Gasteiger partial charge in [-0.25, -0.2) is 0 Å². The van der Waals surface area contributed by atoms with Crippen molar-refractivity contribution in [2.75, 3.05) is 18.0 Å². The Morgan fingerprint density at radius 1 is 1.03 bits per heavy atom. The first-order chi connectivity index (χ1) is 16.6. The quantitative estimate of drug-likeness (QED) is 0.340. The number of anilines is 1. The first-order valence-electron chi connectivity index (χ1n) is 13.0. The van der Waals surface area contributed by atoms with Gasteiger partial charge in [-0.3, -0.25) is 0 Å². The zero-order valence-corrected chi connectivity index (χ0v) is 21.7. The van der Waals surface area contributed by atoms with Gasteiger partial charge in [0, 0.05) is 36.5 Å². The number of benzene rings is 1. The SMILES string of the molecule is CC1CCCC2=C1[OH+]C(/C=C/c1cc3c4c(c1)C(C)(C)CCN4CCC3(C)C)=CC2=C(C#N)C#N. The molecule has 180 valence electrons. The zero-order valence-electron chi connectivity index (χ0n) is 21.7. The smallest absolute Gasteiger partial charge is 0.261 e. The summed E-state index contributed by atoms with van der Waals surface area (Å²) in [6, 6.07) is 8.96. The third-order valence-electron chi connectivity index (χ3n) is 8.57. The topological polar surface area (TPSA) is 63.6 Å². The molecule has 4 aliphatic rings. The maximum Gasteiger partial charge on any atom is 0.261 e. The molecule has 4 nitrogen and oxygen atoms in total. The average molecular weight is 467 g/mol. The van der Waals surface area contributed by atoms with Gasteiger partial charge in [0.2, 0.25) is 5.76 Å². The minimum atomic E-state index is 0.147. The number of nitriles is 2. The summed E-state index contributed by atoms with van der Waals surface area (Å²) in [5.41, 5.74) is 7.89. The van der Waals surface area contributed by atoms with Gasteiger partial charge < -0.3 is 9.64 Å². The fourth-order valence-electron chi connectivity index (χ4n) is 6.20. The van der Waals surface area contributed by atoms with E-state index in [4.69, 9.17) is 4.74 Å². The summed E-state index contributed by atoms with van der Waals surface area (Å²) in [5, 5.41) is 19.2. The van der Waals surface area contributed by atoms with Crippen LogP contribution in [0.4, 0.5) is 5.69 Å². The van der Waals surface area contributed by atoms with Crippen LogP contribution in [0.1, 0.15) is 83.4 Å². The van der Waals surface area contributed by atoms with Crippen molar-refractivity contribution >= 4 is 11.8 Å². The molecule has 1 aliphatic carbocycles. The first-order valence-corrected chi connectivity index (χ1v) is 13.0. The van der Waals surface area contributed by atoms with Crippen LogP contribution in [-0.2, 0) is 10.8 Å². The molecule has 0 spiro atoms. The molecule has 1 aromatic carbocycles. The molecule has 3 aliphatic heterocycles. The van der Waals surface area contributed by atoms with E-state index in [9.17, 15) is 10.5 Å². The van der Waals surface area contributed by atoms with E-state index in [2.05, 4.69) is 75.9 Å². The Bertz CT molecular complexity index is 1230. The number of aliphatic hydroxyl groups is 2. The van der Waals surface area contributed by atoms with E-state index in [0.29, 0.717) is 5.92 Å². The maximum atomic E-state index is 9.59. The molecule has 1 atom stereocenters. The predicted octanol–water partition coefficient (Wildman–Crippen LogP) is 7.28. The minimum Gasteiger partial charge on any atom is -0.549 e. The van der Waals surface area contributed by atoms with Crippen LogP contribution in [0.25, 0.3) is 6.08 Å². The summed E-state index contributed by atoms with van der Waals surface area (Å²) in [5.74, 6) is 2.21. The van der Waals surface area contributed by atoms with Crippen LogP contribution >= 0.6 is 0 Å². The molecule has 0 saturated carbocycles. The van der Waals surface area contributed by atoms with Crippen LogP contribution in [0.5, 0.6) is 0 Å². The normalized spacial score (nSPS) is 24.1.